The van der Waals surface area contributed by atoms with E-state index in [0.29, 0.717) is 5.96 Å². The fourth-order valence-electron chi connectivity index (χ4n) is 3.49. The number of hydrogen-bond acceptors (Lipinski definition) is 2. The van der Waals surface area contributed by atoms with Gasteiger partial charge in [-0.25, -0.2) is 4.99 Å². The SMILES string of the molecule is CSc1ccc(N(C)C(N)=Nc2ccc3cccc4c3c2CC4)cc1. The molecule has 3 aromatic carbocycles. The predicted octanol–water partition coefficient (Wildman–Crippen LogP) is 4.74. The minimum absolute atomic E-state index is 0.511. The molecular weight excluding hydrogens is 326 g/mol. The molecule has 0 spiro atoms. The van der Waals surface area contributed by atoms with E-state index in [2.05, 4.69) is 60.9 Å². The summed E-state index contributed by atoms with van der Waals surface area (Å²) in [5.74, 6) is 0.511. The summed E-state index contributed by atoms with van der Waals surface area (Å²) in [5, 5.41) is 2.66. The largest absolute Gasteiger partial charge is 0.369 e. The van der Waals surface area contributed by atoms with Crippen LogP contribution in [0.15, 0.2) is 64.5 Å². The number of nitrogens with zero attached hydrogens (tertiary/aromatic N) is 2. The number of guanidine groups is 1. The zero-order valence-corrected chi connectivity index (χ0v) is 15.3. The van der Waals surface area contributed by atoms with Gasteiger partial charge in [-0.3, -0.25) is 0 Å². The van der Waals surface area contributed by atoms with Crippen molar-refractivity contribution in [2.75, 3.05) is 18.2 Å². The maximum atomic E-state index is 6.31. The molecular formula is C21H21N3S. The minimum Gasteiger partial charge on any atom is -0.369 e. The third-order valence-electron chi connectivity index (χ3n) is 4.90. The second kappa shape index (κ2) is 6.45. The fraction of sp³-hybridized carbons (Fsp3) is 0.190. The summed E-state index contributed by atoms with van der Waals surface area (Å²) in [7, 11) is 1.96. The summed E-state index contributed by atoms with van der Waals surface area (Å²) in [5.41, 5.74) is 11.1. The van der Waals surface area contributed by atoms with Crippen LogP contribution in [0.2, 0.25) is 0 Å². The van der Waals surface area contributed by atoms with Gasteiger partial charge in [0.15, 0.2) is 0 Å². The van der Waals surface area contributed by atoms with E-state index in [0.717, 1.165) is 24.2 Å². The summed E-state index contributed by atoms with van der Waals surface area (Å²) in [6.45, 7) is 0. The molecule has 0 aliphatic heterocycles. The van der Waals surface area contributed by atoms with Gasteiger partial charge >= 0.3 is 0 Å². The Balaban J connectivity index is 1.70. The second-order valence-electron chi connectivity index (χ2n) is 6.31. The summed E-state index contributed by atoms with van der Waals surface area (Å²) in [6, 6.07) is 19.1. The lowest BCUT2D eigenvalue weighted by Gasteiger charge is -2.19. The van der Waals surface area contributed by atoms with E-state index < -0.39 is 0 Å². The van der Waals surface area contributed by atoms with Crippen molar-refractivity contribution >= 4 is 39.9 Å². The Bertz CT molecular complexity index is 961. The lowest BCUT2D eigenvalue weighted by Crippen LogP contribution is -2.33. The topological polar surface area (TPSA) is 41.6 Å². The van der Waals surface area contributed by atoms with E-state index in [1.54, 1.807) is 11.8 Å². The molecule has 2 N–H and O–H groups in total. The van der Waals surface area contributed by atoms with E-state index in [4.69, 9.17) is 10.7 Å². The average Bonchev–Trinajstić information content (AvgIpc) is 3.09. The summed E-state index contributed by atoms with van der Waals surface area (Å²) < 4.78 is 0. The molecule has 1 aliphatic rings. The van der Waals surface area contributed by atoms with E-state index >= 15 is 0 Å². The Morgan fingerprint density at radius 1 is 1.04 bits per heavy atom. The van der Waals surface area contributed by atoms with Crippen molar-refractivity contribution in [3.63, 3.8) is 0 Å². The molecule has 0 fully saturated rings. The molecule has 1 aliphatic carbocycles. The molecule has 0 amide bonds. The number of aliphatic imine (C=N–C) groups is 1. The van der Waals surface area contributed by atoms with E-state index in [1.807, 2.05) is 11.9 Å². The van der Waals surface area contributed by atoms with Crippen LogP contribution in [0.5, 0.6) is 0 Å². The van der Waals surface area contributed by atoms with E-state index in [9.17, 15) is 0 Å². The zero-order valence-electron chi connectivity index (χ0n) is 14.5. The maximum absolute atomic E-state index is 6.31. The fourth-order valence-corrected chi connectivity index (χ4v) is 3.89. The Morgan fingerprint density at radius 2 is 1.84 bits per heavy atom. The highest BCUT2D eigenvalue weighted by molar-refractivity contribution is 7.98. The Morgan fingerprint density at radius 3 is 2.60 bits per heavy atom. The molecule has 25 heavy (non-hydrogen) atoms. The number of anilines is 1. The third kappa shape index (κ3) is 2.87. The van der Waals surface area contributed by atoms with Gasteiger partial charge in [-0.15, -0.1) is 11.8 Å². The van der Waals surface area contributed by atoms with Crippen molar-refractivity contribution in [2.24, 2.45) is 10.7 Å². The second-order valence-corrected chi connectivity index (χ2v) is 7.19. The molecule has 4 heteroatoms. The van der Waals surface area contributed by atoms with Crippen LogP contribution in [0.4, 0.5) is 11.4 Å². The molecule has 126 valence electrons. The van der Waals surface area contributed by atoms with Crippen molar-refractivity contribution < 1.29 is 0 Å². The Labute approximate surface area is 152 Å². The summed E-state index contributed by atoms with van der Waals surface area (Å²) >= 11 is 1.73. The first-order chi connectivity index (χ1) is 12.2. The summed E-state index contributed by atoms with van der Waals surface area (Å²) in [4.78, 5) is 7.92. The first-order valence-electron chi connectivity index (χ1n) is 8.43. The van der Waals surface area contributed by atoms with E-state index in [1.165, 1.54) is 26.8 Å². The van der Waals surface area contributed by atoms with Crippen LogP contribution in [0.25, 0.3) is 10.8 Å². The van der Waals surface area contributed by atoms with Crippen LogP contribution in [0.1, 0.15) is 11.1 Å². The van der Waals surface area contributed by atoms with Gasteiger partial charge in [0.05, 0.1) is 5.69 Å². The van der Waals surface area contributed by atoms with Gasteiger partial charge in [-0.05, 0) is 71.3 Å². The zero-order chi connectivity index (χ0) is 17.4. The van der Waals surface area contributed by atoms with Gasteiger partial charge in [0, 0.05) is 17.6 Å². The Hall–Kier alpha value is -2.46. The van der Waals surface area contributed by atoms with E-state index in [-0.39, 0.29) is 0 Å². The lowest BCUT2D eigenvalue weighted by molar-refractivity contribution is 1.02. The number of rotatable bonds is 3. The molecule has 0 saturated heterocycles. The van der Waals surface area contributed by atoms with Gasteiger partial charge in [-0.2, -0.15) is 0 Å². The predicted molar refractivity (Wildman–Crippen MR) is 109 cm³/mol. The number of thioether (sulfide) groups is 1. The molecule has 0 atom stereocenters. The molecule has 0 radical (unpaired) electrons. The Kier molecular flexibility index (Phi) is 4.14. The summed E-state index contributed by atoms with van der Waals surface area (Å²) in [6.07, 6.45) is 4.20. The number of benzene rings is 3. The smallest absolute Gasteiger partial charge is 0.200 e. The third-order valence-corrected chi connectivity index (χ3v) is 5.64. The van der Waals surface area contributed by atoms with Crippen LogP contribution in [-0.4, -0.2) is 19.3 Å². The normalized spacial score (nSPS) is 13.4. The van der Waals surface area contributed by atoms with Gasteiger partial charge in [0.1, 0.15) is 0 Å². The van der Waals surface area contributed by atoms with Crippen LogP contribution < -0.4 is 10.6 Å². The number of aryl methyl sites for hydroxylation is 2. The number of nitrogens with two attached hydrogens (primary N) is 1. The van der Waals surface area contributed by atoms with Crippen LogP contribution >= 0.6 is 11.8 Å². The molecule has 0 aromatic heterocycles. The highest BCUT2D eigenvalue weighted by atomic mass is 32.2. The first-order valence-corrected chi connectivity index (χ1v) is 9.65. The van der Waals surface area contributed by atoms with Gasteiger partial charge in [0.2, 0.25) is 5.96 Å². The van der Waals surface area contributed by atoms with Gasteiger partial charge < -0.3 is 10.6 Å². The quantitative estimate of drug-likeness (QED) is 0.422. The monoisotopic (exact) mass is 347 g/mol. The maximum Gasteiger partial charge on any atom is 0.200 e. The van der Waals surface area contributed by atoms with Crippen molar-refractivity contribution in [1.29, 1.82) is 0 Å². The van der Waals surface area contributed by atoms with Crippen LogP contribution in [0, 0.1) is 0 Å². The molecule has 0 unspecified atom stereocenters. The molecule has 0 heterocycles. The van der Waals surface area contributed by atoms with Gasteiger partial charge in [-0.1, -0.05) is 24.3 Å². The molecule has 0 bridgehead atoms. The number of hydrogen-bond donors (Lipinski definition) is 1. The van der Waals surface area contributed by atoms with Crippen molar-refractivity contribution in [3.05, 3.63) is 65.7 Å². The standard InChI is InChI=1S/C21H21N3S/c1-24(16-8-10-17(25-2)11-9-16)21(22)23-19-13-7-15-5-3-4-14-6-12-18(19)20(14)15/h3-5,7-11,13H,6,12H2,1-2H3,(H2,22,23). The van der Waals surface area contributed by atoms with Crippen LogP contribution in [0.3, 0.4) is 0 Å². The van der Waals surface area contributed by atoms with Crippen molar-refractivity contribution in [2.45, 2.75) is 17.7 Å². The van der Waals surface area contributed by atoms with Crippen LogP contribution in [-0.2, 0) is 12.8 Å². The molecule has 0 saturated carbocycles. The van der Waals surface area contributed by atoms with Crippen molar-refractivity contribution in [3.8, 4) is 0 Å². The molecule has 4 rings (SSSR count). The minimum atomic E-state index is 0.511. The lowest BCUT2D eigenvalue weighted by atomic mass is 10.0. The highest BCUT2D eigenvalue weighted by Gasteiger charge is 2.17. The average molecular weight is 347 g/mol. The highest BCUT2D eigenvalue weighted by Crippen LogP contribution is 2.37. The first kappa shape index (κ1) is 16.0. The molecule has 3 nitrogen and oxygen atoms in total. The molecule has 3 aromatic rings. The van der Waals surface area contributed by atoms with Crippen molar-refractivity contribution in [1.82, 2.24) is 0 Å². The van der Waals surface area contributed by atoms with Gasteiger partial charge in [0.25, 0.3) is 0 Å².